The van der Waals surface area contributed by atoms with E-state index in [1.807, 2.05) is 11.7 Å². The van der Waals surface area contributed by atoms with Crippen LogP contribution >= 0.6 is 11.6 Å². The molecule has 7 nitrogen and oxygen atoms in total. The van der Waals surface area contributed by atoms with Gasteiger partial charge in [0.15, 0.2) is 9.04 Å². The molecule has 0 fully saturated rings. The predicted molar refractivity (Wildman–Crippen MR) is 130 cm³/mol. The molecule has 0 aromatic carbocycles. The molecular weight excluding hydrogens is 428 g/mol. The third kappa shape index (κ3) is 4.47. The maximum absolute atomic E-state index is 6.68. The summed E-state index contributed by atoms with van der Waals surface area (Å²) in [4.78, 5) is 11.2. The average Bonchev–Trinajstić information content (AvgIpc) is 3.15. The second-order valence-corrected chi connectivity index (χ2v) is 12.7. The van der Waals surface area contributed by atoms with Crippen LogP contribution in [0.2, 0.25) is 18.2 Å². The van der Waals surface area contributed by atoms with Crippen molar-refractivity contribution in [3.63, 3.8) is 0 Å². The summed E-state index contributed by atoms with van der Waals surface area (Å²) < 4.78 is 8.57. The molecule has 172 valence electrons. The highest BCUT2D eigenvalue weighted by atomic mass is 35.5. The molecule has 3 unspecified atom stereocenters. The Kier molecular flexibility index (Phi) is 6.75. The number of anilines is 2. The third-order valence-corrected chi connectivity index (χ3v) is 7.36. The van der Waals surface area contributed by atoms with E-state index in [1.165, 1.54) is 11.3 Å². The van der Waals surface area contributed by atoms with Gasteiger partial charge < -0.3 is 15.1 Å². The van der Waals surface area contributed by atoms with E-state index in [2.05, 4.69) is 69.5 Å². The Morgan fingerprint density at radius 3 is 2.45 bits per heavy atom. The number of hydrogen-bond donors (Lipinski definition) is 1. The van der Waals surface area contributed by atoms with Crippen molar-refractivity contribution in [2.24, 2.45) is 12.5 Å². The van der Waals surface area contributed by atoms with Crippen molar-refractivity contribution in [2.45, 2.75) is 79.1 Å². The van der Waals surface area contributed by atoms with Gasteiger partial charge in [0.1, 0.15) is 11.0 Å². The fraction of sp³-hybridized carbons (Fsp3) is 0.682. The van der Waals surface area contributed by atoms with E-state index in [4.69, 9.17) is 26.9 Å². The van der Waals surface area contributed by atoms with E-state index >= 15 is 0 Å². The van der Waals surface area contributed by atoms with Crippen LogP contribution in [0.3, 0.4) is 0 Å². The number of nitrogens with zero attached hydrogens (tertiary/aromatic N) is 5. The molecular formula is C22H37ClN6OSi. The molecule has 0 spiro atoms. The number of hydrogen-bond acceptors (Lipinski definition) is 6. The molecule has 2 N–H and O–H groups in total. The van der Waals surface area contributed by atoms with Crippen LogP contribution in [0.5, 0.6) is 0 Å². The fourth-order valence-electron chi connectivity index (χ4n) is 4.88. The van der Waals surface area contributed by atoms with Crippen molar-refractivity contribution in [3.8, 4) is 0 Å². The number of rotatable bonds is 6. The normalized spacial score (nSPS) is 18.5. The van der Waals surface area contributed by atoms with Gasteiger partial charge in [-0.05, 0) is 44.3 Å². The summed E-state index contributed by atoms with van der Waals surface area (Å²) >= 11 is 6.68. The molecule has 1 aliphatic heterocycles. The van der Waals surface area contributed by atoms with Crippen LogP contribution in [0.1, 0.15) is 69.1 Å². The van der Waals surface area contributed by atoms with Crippen molar-refractivity contribution in [1.82, 2.24) is 19.7 Å². The minimum Gasteiger partial charge on any atom is -0.416 e. The van der Waals surface area contributed by atoms with Crippen molar-refractivity contribution >= 4 is 32.4 Å². The van der Waals surface area contributed by atoms with Gasteiger partial charge in [0.05, 0.1) is 17.8 Å². The summed E-state index contributed by atoms with van der Waals surface area (Å²) in [7, 11) is 0.723. The van der Waals surface area contributed by atoms with Crippen LogP contribution in [0, 0.1) is 12.3 Å². The molecule has 0 radical (unpaired) electrons. The summed E-state index contributed by atoms with van der Waals surface area (Å²) in [5, 5.41) is 5.28. The first-order valence-corrected chi connectivity index (χ1v) is 14.3. The second-order valence-electron chi connectivity index (χ2n) is 9.95. The first kappa shape index (κ1) is 24.0. The quantitative estimate of drug-likeness (QED) is 0.504. The Bertz CT molecular complexity index is 954. The molecule has 0 saturated carbocycles. The Labute approximate surface area is 193 Å². The molecule has 3 heterocycles. The van der Waals surface area contributed by atoms with Crippen molar-refractivity contribution in [3.05, 3.63) is 27.7 Å². The monoisotopic (exact) mass is 464 g/mol. The fourth-order valence-corrected chi connectivity index (χ4v) is 6.38. The number of nitrogen functional groups attached to an aromatic ring is 1. The van der Waals surface area contributed by atoms with Crippen LogP contribution < -0.4 is 10.6 Å². The van der Waals surface area contributed by atoms with Gasteiger partial charge in [-0.3, -0.25) is 4.68 Å². The van der Waals surface area contributed by atoms with Gasteiger partial charge in [0, 0.05) is 30.8 Å². The highest BCUT2D eigenvalue weighted by molar-refractivity contribution is 6.48. The largest absolute Gasteiger partial charge is 0.416 e. The zero-order valence-electron chi connectivity index (χ0n) is 20.3. The Morgan fingerprint density at radius 2 is 1.94 bits per heavy atom. The molecule has 1 aliphatic rings. The molecule has 2 aromatic heterocycles. The molecule has 31 heavy (non-hydrogen) atoms. The lowest BCUT2D eigenvalue weighted by Gasteiger charge is -2.37. The molecule has 2 aromatic rings. The van der Waals surface area contributed by atoms with Crippen molar-refractivity contribution in [2.75, 3.05) is 17.2 Å². The number of fused-ring (bicyclic) bond motifs is 1. The van der Waals surface area contributed by atoms with Crippen LogP contribution in [0.15, 0.2) is 0 Å². The molecule has 0 aliphatic carbocycles. The maximum atomic E-state index is 6.68. The van der Waals surface area contributed by atoms with Gasteiger partial charge in [0.25, 0.3) is 0 Å². The van der Waals surface area contributed by atoms with Crippen molar-refractivity contribution in [1.29, 1.82) is 0 Å². The van der Waals surface area contributed by atoms with Crippen LogP contribution in [-0.4, -0.2) is 41.4 Å². The van der Waals surface area contributed by atoms with E-state index in [9.17, 15) is 0 Å². The van der Waals surface area contributed by atoms with Gasteiger partial charge in [-0.25, -0.2) is 4.98 Å². The second kappa shape index (κ2) is 8.71. The molecule has 3 rings (SSSR count). The number of nitrogens with two attached hydrogens (primary N) is 1. The summed E-state index contributed by atoms with van der Waals surface area (Å²) in [5.74, 6) is 1.07. The zero-order chi connectivity index (χ0) is 23.2. The van der Waals surface area contributed by atoms with Gasteiger partial charge in [0.2, 0.25) is 5.95 Å². The third-order valence-electron chi connectivity index (χ3n) is 6.23. The molecule has 0 saturated heterocycles. The highest BCUT2D eigenvalue weighted by Crippen LogP contribution is 2.48. The van der Waals surface area contributed by atoms with Gasteiger partial charge in [-0.15, -0.1) is 0 Å². The SMILES string of the molecule is CCc1c(C)c(C(C)N2CC(C(O[SiH](C)C)C(C)(C)C)c3c(Cl)nc(N)nc32)nn1C. The summed E-state index contributed by atoms with van der Waals surface area (Å²) in [6, 6.07) is 0.0255. The summed E-state index contributed by atoms with van der Waals surface area (Å²) in [6.45, 7) is 18.3. The van der Waals surface area contributed by atoms with Gasteiger partial charge in [-0.2, -0.15) is 10.1 Å². The lowest BCUT2D eigenvalue weighted by atomic mass is 9.79. The van der Waals surface area contributed by atoms with E-state index < -0.39 is 9.04 Å². The Balaban J connectivity index is 2.11. The number of halogens is 1. The first-order chi connectivity index (χ1) is 14.4. The average molecular weight is 465 g/mol. The van der Waals surface area contributed by atoms with Crippen LogP contribution in [-0.2, 0) is 17.9 Å². The summed E-state index contributed by atoms with van der Waals surface area (Å²) in [6.07, 6.45) is 0.956. The first-order valence-electron chi connectivity index (χ1n) is 11.1. The van der Waals surface area contributed by atoms with E-state index in [0.29, 0.717) is 5.15 Å². The maximum Gasteiger partial charge on any atom is 0.223 e. The topological polar surface area (TPSA) is 82.1 Å². The molecule has 0 amide bonds. The van der Waals surface area contributed by atoms with E-state index in [-0.39, 0.29) is 29.4 Å². The smallest absolute Gasteiger partial charge is 0.223 e. The summed E-state index contributed by atoms with van der Waals surface area (Å²) in [5.41, 5.74) is 10.5. The van der Waals surface area contributed by atoms with E-state index in [1.54, 1.807) is 0 Å². The number of aromatic nitrogens is 4. The van der Waals surface area contributed by atoms with Gasteiger partial charge in [-0.1, -0.05) is 39.3 Å². The van der Waals surface area contributed by atoms with Gasteiger partial charge >= 0.3 is 0 Å². The molecule has 9 heteroatoms. The van der Waals surface area contributed by atoms with Crippen LogP contribution in [0.4, 0.5) is 11.8 Å². The zero-order valence-corrected chi connectivity index (χ0v) is 22.2. The Morgan fingerprint density at radius 1 is 1.29 bits per heavy atom. The Hall–Kier alpha value is -1.64. The lowest BCUT2D eigenvalue weighted by Crippen LogP contribution is -2.40. The minimum absolute atomic E-state index is 0.0101. The number of aryl methyl sites for hydroxylation is 1. The van der Waals surface area contributed by atoms with Crippen LogP contribution in [0.25, 0.3) is 0 Å². The van der Waals surface area contributed by atoms with E-state index in [0.717, 1.165) is 30.0 Å². The highest BCUT2D eigenvalue weighted by Gasteiger charge is 2.45. The lowest BCUT2D eigenvalue weighted by molar-refractivity contribution is 0.0646. The minimum atomic E-state index is -1.29. The molecule has 0 bridgehead atoms. The predicted octanol–water partition coefficient (Wildman–Crippen LogP) is 4.40. The van der Waals surface area contributed by atoms with Crippen molar-refractivity contribution < 1.29 is 4.43 Å². The molecule has 3 atom stereocenters. The standard InChI is InChI=1S/C22H37ClN6OSi/c1-10-15-12(2)17(27-28(15)7)13(3)29-11-14(18(22(4,5)6)30-31(8)9)16-19(23)25-21(24)26-20(16)29/h13-14,18,31H,10-11H2,1-9H3,(H2,24,25,26).